The highest BCUT2D eigenvalue weighted by Gasteiger charge is 2.25. The highest BCUT2D eigenvalue weighted by Crippen LogP contribution is 2.28. The molecule has 0 saturated carbocycles. The van der Waals surface area contributed by atoms with Gasteiger partial charge in [0.1, 0.15) is 11.9 Å². The van der Waals surface area contributed by atoms with Gasteiger partial charge in [-0.15, -0.1) is 0 Å². The number of nitro benzene ring substituents is 1. The molecule has 0 amide bonds. The SMILES string of the molecule is Cc1cc(F)c(C(O)C(O)CCN=[N+]=[N-])cc1[N+](=O)[O-]. The molecule has 0 bridgehead atoms. The number of aliphatic hydroxyl groups is 2. The van der Waals surface area contributed by atoms with Gasteiger partial charge in [-0.25, -0.2) is 4.39 Å². The van der Waals surface area contributed by atoms with Gasteiger partial charge in [0.25, 0.3) is 5.69 Å². The maximum Gasteiger partial charge on any atom is 0.272 e. The number of aryl methyl sites for hydroxylation is 1. The zero-order valence-electron chi connectivity index (χ0n) is 10.6. The van der Waals surface area contributed by atoms with E-state index in [1.165, 1.54) is 6.92 Å². The van der Waals surface area contributed by atoms with Crippen molar-refractivity contribution >= 4 is 5.69 Å². The molecule has 0 aliphatic rings. The van der Waals surface area contributed by atoms with Gasteiger partial charge in [-0.1, -0.05) is 5.11 Å². The van der Waals surface area contributed by atoms with Crippen molar-refractivity contribution in [2.24, 2.45) is 5.11 Å². The highest BCUT2D eigenvalue weighted by atomic mass is 19.1. The van der Waals surface area contributed by atoms with E-state index in [1.54, 1.807) is 0 Å². The molecule has 108 valence electrons. The van der Waals surface area contributed by atoms with E-state index >= 15 is 0 Å². The van der Waals surface area contributed by atoms with Crippen LogP contribution in [0.5, 0.6) is 0 Å². The maximum absolute atomic E-state index is 13.7. The first kappa shape index (κ1) is 15.8. The number of hydrogen-bond acceptors (Lipinski definition) is 5. The first-order chi connectivity index (χ1) is 9.38. The van der Waals surface area contributed by atoms with E-state index in [4.69, 9.17) is 5.53 Å². The van der Waals surface area contributed by atoms with Gasteiger partial charge in [0.2, 0.25) is 0 Å². The summed E-state index contributed by atoms with van der Waals surface area (Å²) in [5, 5.41) is 33.4. The van der Waals surface area contributed by atoms with Gasteiger partial charge in [0, 0.05) is 28.6 Å². The summed E-state index contributed by atoms with van der Waals surface area (Å²) < 4.78 is 13.7. The summed E-state index contributed by atoms with van der Waals surface area (Å²) in [6.45, 7) is 1.29. The molecule has 0 fully saturated rings. The van der Waals surface area contributed by atoms with Crippen molar-refractivity contribution in [1.29, 1.82) is 0 Å². The summed E-state index contributed by atoms with van der Waals surface area (Å²) in [5.74, 6) is -0.844. The normalized spacial score (nSPS) is 13.4. The molecule has 2 N–H and O–H groups in total. The van der Waals surface area contributed by atoms with Crippen LogP contribution in [0.15, 0.2) is 17.2 Å². The summed E-state index contributed by atoms with van der Waals surface area (Å²) in [5.41, 5.74) is 7.49. The van der Waals surface area contributed by atoms with Crippen LogP contribution in [-0.2, 0) is 0 Å². The zero-order valence-corrected chi connectivity index (χ0v) is 10.6. The zero-order chi connectivity index (χ0) is 15.3. The quantitative estimate of drug-likeness (QED) is 0.272. The fourth-order valence-corrected chi connectivity index (χ4v) is 1.70. The van der Waals surface area contributed by atoms with Crippen LogP contribution in [0, 0.1) is 22.9 Å². The number of aliphatic hydroxyl groups excluding tert-OH is 2. The third-order valence-electron chi connectivity index (χ3n) is 2.78. The number of rotatable bonds is 6. The first-order valence-corrected chi connectivity index (χ1v) is 5.70. The number of halogens is 1. The standard InChI is InChI=1S/C11H13FN4O4/c1-6-4-8(12)7(5-9(6)16(19)20)11(18)10(17)2-3-14-15-13/h4-5,10-11,17-18H,2-3H2,1H3. The fraction of sp³-hybridized carbons (Fsp3) is 0.455. The lowest BCUT2D eigenvalue weighted by molar-refractivity contribution is -0.385. The molecule has 20 heavy (non-hydrogen) atoms. The molecule has 0 radical (unpaired) electrons. The van der Waals surface area contributed by atoms with Crippen LogP contribution in [0.25, 0.3) is 10.4 Å². The van der Waals surface area contributed by atoms with Gasteiger partial charge < -0.3 is 10.2 Å². The molecular weight excluding hydrogens is 271 g/mol. The highest BCUT2D eigenvalue weighted by molar-refractivity contribution is 5.44. The largest absolute Gasteiger partial charge is 0.390 e. The average molecular weight is 284 g/mol. The van der Waals surface area contributed by atoms with Crippen molar-refractivity contribution in [3.63, 3.8) is 0 Å². The molecule has 1 aromatic rings. The lowest BCUT2D eigenvalue weighted by atomic mass is 9.99. The molecule has 1 aromatic carbocycles. The first-order valence-electron chi connectivity index (χ1n) is 5.70. The lowest BCUT2D eigenvalue weighted by Crippen LogP contribution is -2.20. The number of nitro groups is 1. The van der Waals surface area contributed by atoms with Crippen LogP contribution >= 0.6 is 0 Å². The molecule has 8 nitrogen and oxygen atoms in total. The minimum absolute atomic E-state index is 0.0791. The molecule has 0 aliphatic heterocycles. The number of hydrogen-bond donors (Lipinski definition) is 2. The molecule has 0 aliphatic carbocycles. The van der Waals surface area contributed by atoms with Crippen molar-refractivity contribution in [1.82, 2.24) is 0 Å². The average Bonchev–Trinajstić information content (AvgIpc) is 2.37. The van der Waals surface area contributed by atoms with Crippen molar-refractivity contribution in [2.45, 2.75) is 25.6 Å². The van der Waals surface area contributed by atoms with E-state index in [1.807, 2.05) is 0 Å². The van der Waals surface area contributed by atoms with E-state index in [-0.39, 0.29) is 29.8 Å². The minimum Gasteiger partial charge on any atom is -0.390 e. The molecule has 0 saturated heterocycles. The second-order valence-corrected chi connectivity index (χ2v) is 4.17. The predicted molar refractivity (Wildman–Crippen MR) is 67.4 cm³/mol. The van der Waals surface area contributed by atoms with Crippen LogP contribution < -0.4 is 0 Å². The maximum atomic E-state index is 13.7. The third kappa shape index (κ3) is 3.64. The lowest BCUT2D eigenvalue weighted by Gasteiger charge is -2.18. The van der Waals surface area contributed by atoms with E-state index in [2.05, 4.69) is 10.0 Å². The molecule has 2 atom stereocenters. The second-order valence-electron chi connectivity index (χ2n) is 4.17. The summed E-state index contributed by atoms with van der Waals surface area (Å²) in [7, 11) is 0. The Bertz CT molecular complexity index is 560. The third-order valence-corrected chi connectivity index (χ3v) is 2.78. The molecule has 0 spiro atoms. The van der Waals surface area contributed by atoms with Crippen molar-refractivity contribution in [3.8, 4) is 0 Å². The topological polar surface area (TPSA) is 132 Å². The molecular formula is C11H13FN4O4. The summed E-state index contributed by atoms with van der Waals surface area (Å²) in [6, 6.07) is 1.82. The van der Waals surface area contributed by atoms with E-state index in [0.29, 0.717) is 0 Å². The monoisotopic (exact) mass is 284 g/mol. The van der Waals surface area contributed by atoms with E-state index < -0.39 is 22.9 Å². The van der Waals surface area contributed by atoms with Crippen molar-refractivity contribution in [3.05, 3.63) is 49.6 Å². The van der Waals surface area contributed by atoms with Crippen LogP contribution in [0.4, 0.5) is 10.1 Å². The molecule has 1 rings (SSSR count). The van der Waals surface area contributed by atoms with Gasteiger partial charge in [-0.2, -0.15) is 0 Å². The van der Waals surface area contributed by atoms with Gasteiger partial charge in [0.05, 0.1) is 11.0 Å². The number of benzene rings is 1. The van der Waals surface area contributed by atoms with Crippen LogP contribution in [-0.4, -0.2) is 27.8 Å². The van der Waals surface area contributed by atoms with Crippen LogP contribution in [0.3, 0.4) is 0 Å². The Hall–Kier alpha value is -2.22. The molecule has 2 unspecified atom stereocenters. The van der Waals surface area contributed by atoms with Crippen LogP contribution in [0.1, 0.15) is 23.7 Å². The minimum atomic E-state index is -1.64. The molecule has 9 heteroatoms. The van der Waals surface area contributed by atoms with Crippen molar-refractivity contribution < 1.29 is 19.5 Å². The van der Waals surface area contributed by atoms with Gasteiger partial charge in [-0.3, -0.25) is 10.1 Å². The fourth-order valence-electron chi connectivity index (χ4n) is 1.70. The Morgan fingerprint density at radius 2 is 2.20 bits per heavy atom. The van der Waals surface area contributed by atoms with Crippen molar-refractivity contribution in [2.75, 3.05) is 6.54 Å². The predicted octanol–water partition coefficient (Wildman–Crippen LogP) is 2.14. The molecule has 0 heterocycles. The Kier molecular flexibility index (Phi) is 5.39. The van der Waals surface area contributed by atoms with Gasteiger partial charge in [0.15, 0.2) is 0 Å². The summed E-state index contributed by atoms with van der Waals surface area (Å²) in [6.07, 6.45) is -3.12. The Morgan fingerprint density at radius 1 is 1.55 bits per heavy atom. The summed E-state index contributed by atoms with van der Waals surface area (Å²) in [4.78, 5) is 12.6. The van der Waals surface area contributed by atoms with E-state index in [9.17, 15) is 24.7 Å². The number of nitrogens with zero attached hydrogens (tertiary/aromatic N) is 4. The second kappa shape index (κ2) is 6.80. The Morgan fingerprint density at radius 3 is 2.75 bits per heavy atom. The van der Waals surface area contributed by atoms with Gasteiger partial charge >= 0.3 is 0 Å². The number of azide groups is 1. The van der Waals surface area contributed by atoms with E-state index in [0.717, 1.165) is 12.1 Å². The summed E-state index contributed by atoms with van der Waals surface area (Å²) >= 11 is 0. The van der Waals surface area contributed by atoms with Crippen LogP contribution in [0.2, 0.25) is 0 Å². The van der Waals surface area contributed by atoms with Gasteiger partial charge in [-0.05, 0) is 24.9 Å². The smallest absolute Gasteiger partial charge is 0.272 e. The Labute approximate surface area is 113 Å². The molecule has 0 aromatic heterocycles. The Balaban J connectivity index is 3.02.